The van der Waals surface area contributed by atoms with Crippen molar-refractivity contribution >= 4 is 82.8 Å². The van der Waals surface area contributed by atoms with Gasteiger partial charge < -0.3 is 25.0 Å². The molecule has 2 amide bonds. The van der Waals surface area contributed by atoms with Crippen LogP contribution in [0.25, 0.3) is 0 Å². The standard InChI is InChI=1S/C15H15N8O8PS4/c1-31-20-6(9-18-14(36-22-9)21-32(28,29)30)10(24)17-7-11(25)23-8(13(26)27)5(2-33-12(7)23)3-34-15-19-16-4-35-15/h4,7,12H,2-3H2,1H3,(H,17,24)(H,26,27)(H3,18,21,22,28,29,30)/b20-6+/t7?,12-/m1/s1. The number of β-lactam (4-membered cyclic amide) rings is 1. The fourth-order valence-corrected chi connectivity index (χ4v) is 7.36. The molecule has 21 heteroatoms. The van der Waals surface area contributed by atoms with E-state index in [2.05, 4.69) is 34.9 Å². The van der Waals surface area contributed by atoms with Gasteiger partial charge in [-0.2, -0.15) is 9.36 Å². The Labute approximate surface area is 218 Å². The summed E-state index contributed by atoms with van der Waals surface area (Å²) >= 11 is 4.49. The highest BCUT2D eigenvalue weighted by Crippen LogP contribution is 2.42. The number of anilines is 1. The van der Waals surface area contributed by atoms with E-state index in [9.17, 15) is 24.1 Å². The minimum absolute atomic E-state index is 0.133. The minimum atomic E-state index is -4.65. The van der Waals surface area contributed by atoms with E-state index in [1.54, 1.807) is 5.51 Å². The van der Waals surface area contributed by atoms with Crippen LogP contribution < -0.4 is 10.4 Å². The number of oxime groups is 1. The molecule has 0 radical (unpaired) electrons. The number of hydrogen-bond donors (Lipinski definition) is 5. The van der Waals surface area contributed by atoms with Gasteiger partial charge in [0.1, 0.15) is 29.7 Å². The monoisotopic (exact) mass is 594 g/mol. The highest BCUT2D eigenvalue weighted by molar-refractivity contribution is 8.01. The van der Waals surface area contributed by atoms with Crippen LogP contribution in [0.2, 0.25) is 0 Å². The number of nitrogens with zero attached hydrogens (tertiary/aromatic N) is 6. The molecule has 0 bridgehead atoms. The summed E-state index contributed by atoms with van der Waals surface area (Å²) in [5, 5.41) is 24.4. The zero-order chi connectivity index (χ0) is 26.0. The van der Waals surface area contributed by atoms with E-state index < -0.39 is 42.7 Å². The summed E-state index contributed by atoms with van der Waals surface area (Å²) in [5.74, 6) is -2.44. The van der Waals surface area contributed by atoms with Crippen LogP contribution in [0.4, 0.5) is 5.13 Å². The molecule has 0 spiro atoms. The fourth-order valence-electron chi connectivity index (χ4n) is 3.14. The molecular weight excluding hydrogens is 579 g/mol. The molecule has 4 heterocycles. The summed E-state index contributed by atoms with van der Waals surface area (Å²) in [6, 6.07) is -1.05. The normalized spacial score (nSPS) is 20.0. The van der Waals surface area contributed by atoms with Crippen LogP contribution in [0.15, 0.2) is 26.3 Å². The van der Waals surface area contributed by atoms with Crippen LogP contribution in [0.1, 0.15) is 5.82 Å². The van der Waals surface area contributed by atoms with E-state index in [1.165, 1.54) is 34.9 Å². The lowest BCUT2D eigenvalue weighted by atomic mass is 10.0. The molecule has 1 saturated heterocycles. The third-order valence-corrected chi connectivity index (χ3v) is 9.09. The van der Waals surface area contributed by atoms with Crippen molar-refractivity contribution in [2.75, 3.05) is 23.7 Å². The number of fused-ring (bicyclic) bond motifs is 1. The summed E-state index contributed by atoms with van der Waals surface area (Å²) < 4.78 is 15.6. The third kappa shape index (κ3) is 5.69. The van der Waals surface area contributed by atoms with Crippen molar-refractivity contribution in [3.05, 3.63) is 22.6 Å². The highest BCUT2D eigenvalue weighted by atomic mass is 32.2. The van der Waals surface area contributed by atoms with Gasteiger partial charge in [-0.15, -0.1) is 22.0 Å². The van der Waals surface area contributed by atoms with E-state index in [0.717, 1.165) is 12.0 Å². The van der Waals surface area contributed by atoms with Gasteiger partial charge in [-0.05, 0) is 5.57 Å². The van der Waals surface area contributed by atoms with Gasteiger partial charge in [-0.1, -0.05) is 28.3 Å². The summed E-state index contributed by atoms with van der Waals surface area (Å²) in [6.07, 6.45) is 0. The molecule has 2 aromatic rings. The largest absolute Gasteiger partial charge is 0.477 e. The summed E-state index contributed by atoms with van der Waals surface area (Å²) in [7, 11) is -3.49. The second kappa shape index (κ2) is 10.8. The molecule has 16 nitrogen and oxygen atoms in total. The number of hydrogen-bond acceptors (Lipinski definition) is 14. The van der Waals surface area contributed by atoms with Crippen molar-refractivity contribution < 1.29 is 38.7 Å². The van der Waals surface area contributed by atoms with Crippen molar-refractivity contribution in [2.24, 2.45) is 5.16 Å². The SMILES string of the molecule is CO/N=C(/C(=O)NC1C(=O)N2C(C(=O)O)=C(CSc3nncs3)CS[C@H]12)c1nsc(NP(=O)(O)O)n1. The smallest absolute Gasteiger partial charge is 0.429 e. The molecule has 2 atom stereocenters. The molecule has 0 aliphatic carbocycles. The van der Waals surface area contributed by atoms with Crippen LogP contribution in [0.5, 0.6) is 0 Å². The van der Waals surface area contributed by atoms with E-state index in [4.69, 9.17) is 9.79 Å². The zero-order valence-corrected chi connectivity index (χ0v) is 22.0. The van der Waals surface area contributed by atoms with Crippen molar-refractivity contribution in [2.45, 2.75) is 15.8 Å². The van der Waals surface area contributed by atoms with Crippen LogP contribution in [-0.2, 0) is 23.8 Å². The predicted octanol–water partition coefficient (Wildman–Crippen LogP) is -0.224. The Morgan fingerprint density at radius 3 is 2.83 bits per heavy atom. The number of nitrogens with one attached hydrogen (secondary N) is 2. The summed E-state index contributed by atoms with van der Waals surface area (Å²) in [6.45, 7) is 0. The van der Waals surface area contributed by atoms with Gasteiger partial charge in [0.05, 0.1) is 0 Å². The molecule has 2 aromatic heterocycles. The van der Waals surface area contributed by atoms with E-state index >= 15 is 0 Å². The minimum Gasteiger partial charge on any atom is -0.477 e. The van der Waals surface area contributed by atoms with Crippen LogP contribution >= 0.6 is 54.1 Å². The quantitative estimate of drug-likeness (QED) is 0.0787. The number of thioether (sulfide) groups is 2. The van der Waals surface area contributed by atoms with Crippen LogP contribution in [0, 0.1) is 0 Å². The first-order valence-corrected chi connectivity index (χ1v) is 14.8. The third-order valence-electron chi connectivity index (χ3n) is 4.52. The van der Waals surface area contributed by atoms with E-state index in [-0.39, 0.29) is 16.7 Å². The van der Waals surface area contributed by atoms with Crippen LogP contribution in [-0.4, -0.2) is 92.9 Å². The van der Waals surface area contributed by atoms with Crippen molar-refractivity contribution in [3.63, 3.8) is 0 Å². The summed E-state index contributed by atoms with van der Waals surface area (Å²) in [5.41, 5.74) is 1.53. The Kier molecular flexibility index (Phi) is 7.93. The molecule has 192 valence electrons. The number of carbonyl (C=O) groups is 3. The maximum absolute atomic E-state index is 12.9. The molecule has 5 N–H and O–H groups in total. The second-order valence-corrected chi connectivity index (χ2v) is 12.0. The van der Waals surface area contributed by atoms with E-state index in [1.807, 2.05) is 5.09 Å². The highest BCUT2D eigenvalue weighted by Gasteiger charge is 2.54. The molecule has 0 saturated carbocycles. The Morgan fingerprint density at radius 1 is 1.42 bits per heavy atom. The number of carboxylic acid groups (broad SMARTS) is 1. The lowest BCUT2D eigenvalue weighted by Gasteiger charge is -2.49. The topological polar surface area (TPSA) is 229 Å². The number of carbonyl (C=O) groups excluding carboxylic acids is 2. The predicted molar refractivity (Wildman–Crippen MR) is 129 cm³/mol. The van der Waals surface area contributed by atoms with Crippen molar-refractivity contribution in [1.82, 2.24) is 29.8 Å². The first-order valence-electron chi connectivity index (χ1n) is 9.48. The Hall–Kier alpha value is -2.61. The Balaban J connectivity index is 1.47. The summed E-state index contributed by atoms with van der Waals surface area (Å²) in [4.78, 5) is 65.3. The Morgan fingerprint density at radius 2 is 2.19 bits per heavy atom. The molecule has 36 heavy (non-hydrogen) atoms. The number of aromatic nitrogens is 4. The van der Waals surface area contributed by atoms with Crippen LogP contribution in [0.3, 0.4) is 0 Å². The van der Waals surface area contributed by atoms with Gasteiger partial charge in [-0.25, -0.2) is 9.36 Å². The number of rotatable bonds is 10. The zero-order valence-electron chi connectivity index (χ0n) is 17.8. The van der Waals surface area contributed by atoms with Gasteiger partial charge >= 0.3 is 13.7 Å². The lowest BCUT2D eigenvalue weighted by molar-refractivity contribution is -0.150. The van der Waals surface area contributed by atoms with E-state index in [0.29, 0.717) is 33.0 Å². The van der Waals surface area contributed by atoms with Gasteiger partial charge in [0.25, 0.3) is 11.8 Å². The van der Waals surface area contributed by atoms with Gasteiger partial charge in [0.15, 0.2) is 4.34 Å². The van der Waals surface area contributed by atoms with Gasteiger partial charge in [0.2, 0.25) is 16.7 Å². The lowest BCUT2D eigenvalue weighted by Crippen LogP contribution is -2.71. The van der Waals surface area contributed by atoms with Gasteiger partial charge in [-0.3, -0.25) is 19.6 Å². The van der Waals surface area contributed by atoms with Gasteiger partial charge in [0, 0.05) is 23.0 Å². The first kappa shape index (κ1) is 26.5. The molecule has 2 aliphatic heterocycles. The maximum Gasteiger partial charge on any atom is 0.429 e. The average molecular weight is 595 g/mol. The molecule has 1 fully saturated rings. The van der Waals surface area contributed by atoms with Crippen molar-refractivity contribution in [3.8, 4) is 0 Å². The molecular formula is C15H15N8O8PS4. The molecule has 0 aromatic carbocycles. The second-order valence-electron chi connectivity index (χ2n) is 6.81. The molecule has 2 aliphatic rings. The maximum atomic E-state index is 12.9. The molecule has 1 unspecified atom stereocenters. The number of carboxylic acids is 1. The fraction of sp³-hybridized carbons (Fsp3) is 0.333. The average Bonchev–Trinajstić information content (AvgIpc) is 3.49. The number of amides is 2. The first-order chi connectivity index (χ1) is 17.1. The number of aliphatic carboxylic acids is 1. The Bertz CT molecular complexity index is 1290. The molecule has 4 rings (SSSR count). The van der Waals surface area contributed by atoms with Crippen molar-refractivity contribution in [1.29, 1.82) is 0 Å².